The molecule has 0 saturated carbocycles. The van der Waals surface area contributed by atoms with E-state index in [2.05, 4.69) is 15.9 Å². The lowest BCUT2D eigenvalue weighted by Gasteiger charge is -2.34. The average Bonchev–Trinajstić information content (AvgIpc) is 2.33. The first kappa shape index (κ1) is 15.2. The van der Waals surface area contributed by atoms with Crippen LogP contribution in [0.5, 0.6) is 0 Å². The van der Waals surface area contributed by atoms with Crippen molar-refractivity contribution in [2.24, 2.45) is 0 Å². The van der Waals surface area contributed by atoms with Crippen molar-refractivity contribution in [1.29, 1.82) is 0 Å². The third-order valence-electron chi connectivity index (χ3n) is 3.14. The van der Waals surface area contributed by atoms with Crippen LogP contribution in [-0.4, -0.2) is 43.0 Å². The number of halogens is 1. The molecule has 19 heavy (non-hydrogen) atoms. The van der Waals surface area contributed by atoms with Gasteiger partial charge in [0.15, 0.2) is 9.84 Å². The lowest BCUT2D eigenvalue weighted by atomic mass is 10.2. The van der Waals surface area contributed by atoms with Crippen LogP contribution in [0, 0.1) is 0 Å². The number of nitrogens with two attached hydrogens (primary N) is 1. The minimum absolute atomic E-state index is 0.387. The van der Waals surface area contributed by atoms with E-state index in [1.807, 2.05) is 23.1 Å². The van der Waals surface area contributed by atoms with E-state index < -0.39 is 9.84 Å². The van der Waals surface area contributed by atoms with Gasteiger partial charge in [0.2, 0.25) is 0 Å². The minimum Gasteiger partial charge on any atom is -0.398 e. The molecule has 0 aliphatic carbocycles. The van der Waals surface area contributed by atoms with Gasteiger partial charge in [0, 0.05) is 41.0 Å². The highest BCUT2D eigenvalue weighted by Crippen LogP contribution is 2.25. The lowest BCUT2D eigenvalue weighted by molar-refractivity contribution is 0.262. The summed E-state index contributed by atoms with van der Waals surface area (Å²) < 4.78 is 24.5. The average molecular weight is 365 g/mol. The Labute approximate surface area is 126 Å². The number of hydrogen-bond acceptors (Lipinski definition) is 5. The van der Waals surface area contributed by atoms with Crippen LogP contribution in [-0.2, 0) is 16.4 Å². The largest absolute Gasteiger partial charge is 0.398 e. The number of benzene rings is 1. The van der Waals surface area contributed by atoms with Gasteiger partial charge in [-0.3, -0.25) is 4.90 Å². The maximum atomic E-state index is 11.8. The maximum absolute atomic E-state index is 11.8. The first-order chi connectivity index (χ1) is 8.88. The second-order valence-electron chi connectivity index (χ2n) is 4.69. The van der Waals surface area contributed by atoms with Crippen molar-refractivity contribution in [3.05, 3.63) is 28.2 Å². The van der Waals surface area contributed by atoms with E-state index in [1.165, 1.54) is 6.26 Å². The van der Waals surface area contributed by atoms with Gasteiger partial charge in [-0.15, -0.1) is 0 Å². The Kier molecular flexibility index (Phi) is 4.81. The van der Waals surface area contributed by atoms with Crippen molar-refractivity contribution < 1.29 is 8.42 Å². The summed E-state index contributed by atoms with van der Waals surface area (Å²) in [4.78, 5) is 2.03. The summed E-state index contributed by atoms with van der Waals surface area (Å²) in [6.45, 7) is 1.43. The van der Waals surface area contributed by atoms with Gasteiger partial charge in [-0.05, 0) is 33.6 Å². The van der Waals surface area contributed by atoms with Gasteiger partial charge in [-0.2, -0.15) is 11.8 Å². The first-order valence-corrected chi connectivity index (χ1v) is 9.83. The Morgan fingerprint density at radius 1 is 1.53 bits per heavy atom. The van der Waals surface area contributed by atoms with Gasteiger partial charge >= 0.3 is 0 Å². The molecule has 1 aromatic rings. The summed E-state index contributed by atoms with van der Waals surface area (Å²) in [7, 11) is -3.04. The molecule has 1 heterocycles. The second kappa shape index (κ2) is 6.03. The third kappa shape index (κ3) is 3.87. The summed E-state index contributed by atoms with van der Waals surface area (Å²) in [6, 6.07) is 5.74. The molecule has 2 rings (SSSR count). The van der Waals surface area contributed by atoms with Crippen LogP contribution in [0.1, 0.15) is 5.56 Å². The predicted octanol–water partition coefficient (Wildman–Crippen LogP) is 1.95. The van der Waals surface area contributed by atoms with Gasteiger partial charge in [0.05, 0.1) is 0 Å². The molecule has 1 aliphatic rings. The number of nitrogens with zero attached hydrogens (tertiary/aromatic N) is 1. The molecule has 0 aromatic heterocycles. The SMILES string of the molecule is CS(=O)(=O)C1CSCCN1Cc1ccc(N)c(Br)c1. The van der Waals surface area contributed by atoms with E-state index in [-0.39, 0.29) is 5.37 Å². The summed E-state index contributed by atoms with van der Waals surface area (Å²) in [5.41, 5.74) is 7.52. The molecule has 1 atom stereocenters. The molecular weight excluding hydrogens is 348 g/mol. The van der Waals surface area contributed by atoms with E-state index in [9.17, 15) is 8.42 Å². The Morgan fingerprint density at radius 2 is 2.26 bits per heavy atom. The van der Waals surface area contributed by atoms with Crippen LogP contribution >= 0.6 is 27.7 Å². The van der Waals surface area contributed by atoms with Crippen molar-refractivity contribution in [2.75, 3.05) is 30.0 Å². The third-order valence-corrected chi connectivity index (χ3v) is 6.51. The van der Waals surface area contributed by atoms with E-state index in [4.69, 9.17) is 5.73 Å². The second-order valence-corrected chi connectivity index (χ2v) is 8.89. The van der Waals surface area contributed by atoms with E-state index in [0.29, 0.717) is 18.0 Å². The molecule has 1 fully saturated rings. The summed E-state index contributed by atoms with van der Waals surface area (Å²) in [5.74, 6) is 1.62. The minimum atomic E-state index is -3.04. The highest BCUT2D eigenvalue weighted by Gasteiger charge is 2.30. The van der Waals surface area contributed by atoms with Crippen LogP contribution in [0.2, 0.25) is 0 Å². The number of anilines is 1. The molecular formula is C12H17BrN2O2S2. The summed E-state index contributed by atoms with van der Waals surface area (Å²) >= 11 is 5.10. The standard InChI is InChI=1S/C12H17BrN2O2S2/c1-19(16,17)12-8-18-5-4-15(12)7-9-2-3-11(14)10(13)6-9/h2-3,6,12H,4-5,7-8,14H2,1H3. The van der Waals surface area contributed by atoms with Gasteiger partial charge < -0.3 is 5.73 Å². The van der Waals surface area contributed by atoms with Gasteiger partial charge in [-0.25, -0.2) is 8.42 Å². The summed E-state index contributed by atoms with van der Waals surface area (Å²) in [6.07, 6.45) is 1.31. The smallest absolute Gasteiger partial charge is 0.164 e. The molecule has 1 aromatic carbocycles. The van der Waals surface area contributed by atoms with E-state index in [0.717, 1.165) is 22.3 Å². The molecule has 7 heteroatoms. The topological polar surface area (TPSA) is 63.4 Å². The molecule has 1 aliphatic heterocycles. The Morgan fingerprint density at radius 3 is 2.89 bits per heavy atom. The van der Waals surface area contributed by atoms with Crippen LogP contribution in [0.25, 0.3) is 0 Å². The molecule has 0 radical (unpaired) electrons. The molecule has 2 N–H and O–H groups in total. The Hall–Kier alpha value is -0.240. The highest BCUT2D eigenvalue weighted by atomic mass is 79.9. The zero-order chi connectivity index (χ0) is 14.0. The number of hydrogen-bond donors (Lipinski definition) is 1. The van der Waals surface area contributed by atoms with Crippen LogP contribution in [0.4, 0.5) is 5.69 Å². The number of nitrogen functional groups attached to an aromatic ring is 1. The quantitative estimate of drug-likeness (QED) is 0.830. The number of rotatable bonds is 3. The van der Waals surface area contributed by atoms with Crippen LogP contribution < -0.4 is 5.73 Å². The van der Waals surface area contributed by atoms with Gasteiger partial charge in [0.25, 0.3) is 0 Å². The lowest BCUT2D eigenvalue weighted by Crippen LogP contribution is -2.46. The highest BCUT2D eigenvalue weighted by molar-refractivity contribution is 9.10. The van der Waals surface area contributed by atoms with Crippen molar-refractivity contribution in [1.82, 2.24) is 4.90 Å². The predicted molar refractivity (Wildman–Crippen MR) is 84.9 cm³/mol. The van der Waals surface area contributed by atoms with Crippen molar-refractivity contribution in [3.8, 4) is 0 Å². The molecule has 1 saturated heterocycles. The molecule has 106 valence electrons. The Balaban J connectivity index is 2.17. The molecule has 0 spiro atoms. The fraction of sp³-hybridized carbons (Fsp3) is 0.500. The monoisotopic (exact) mass is 364 g/mol. The number of sulfone groups is 1. The number of thioether (sulfide) groups is 1. The molecule has 1 unspecified atom stereocenters. The fourth-order valence-corrected chi connectivity index (χ4v) is 5.46. The first-order valence-electron chi connectivity index (χ1n) is 5.92. The van der Waals surface area contributed by atoms with Crippen molar-refractivity contribution in [3.63, 3.8) is 0 Å². The van der Waals surface area contributed by atoms with E-state index >= 15 is 0 Å². The van der Waals surface area contributed by atoms with Crippen LogP contribution in [0.15, 0.2) is 22.7 Å². The Bertz CT molecular complexity index is 563. The molecule has 0 bridgehead atoms. The van der Waals surface area contributed by atoms with Gasteiger partial charge in [-0.1, -0.05) is 6.07 Å². The molecule has 0 amide bonds. The summed E-state index contributed by atoms with van der Waals surface area (Å²) in [5, 5.41) is -0.387. The van der Waals surface area contributed by atoms with Crippen LogP contribution in [0.3, 0.4) is 0 Å². The zero-order valence-electron chi connectivity index (χ0n) is 10.7. The van der Waals surface area contributed by atoms with Crippen molar-refractivity contribution >= 4 is 43.2 Å². The van der Waals surface area contributed by atoms with Crippen molar-refractivity contribution in [2.45, 2.75) is 11.9 Å². The van der Waals surface area contributed by atoms with Gasteiger partial charge in [0.1, 0.15) is 5.37 Å². The zero-order valence-corrected chi connectivity index (χ0v) is 13.9. The normalized spacial score (nSPS) is 21.5. The molecule has 4 nitrogen and oxygen atoms in total. The fourth-order valence-electron chi connectivity index (χ4n) is 2.09. The maximum Gasteiger partial charge on any atom is 0.164 e. The van der Waals surface area contributed by atoms with E-state index in [1.54, 1.807) is 11.8 Å².